The van der Waals surface area contributed by atoms with Crippen LogP contribution in [0.2, 0.25) is 0 Å². The van der Waals surface area contributed by atoms with Crippen LogP contribution in [0.25, 0.3) is 0 Å². The molecule has 19 heavy (non-hydrogen) atoms. The summed E-state index contributed by atoms with van der Waals surface area (Å²) >= 11 is 0. The quantitative estimate of drug-likeness (QED) is 0.885. The lowest BCUT2D eigenvalue weighted by atomic mass is 9.57. The summed E-state index contributed by atoms with van der Waals surface area (Å²) in [6.45, 7) is 0.976. The number of hydrogen-bond acceptors (Lipinski definition) is 2. The first-order valence-corrected chi connectivity index (χ1v) is 7.69. The predicted octanol–water partition coefficient (Wildman–Crippen LogP) is 3.90. The van der Waals surface area contributed by atoms with Crippen LogP contribution in [0.5, 0.6) is 5.75 Å². The number of ether oxygens (including phenoxy) is 1. The zero-order chi connectivity index (χ0) is 13.1. The van der Waals surface area contributed by atoms with Gasteiger partial charge in [-0.25, -0.2) is 0 Å². The molecule has 1 N–H and O–H groups in total. The molecule has 0 amide bonds. The van der Waals surface area contributed by atoms with Crippen LogP contribution in [0.4, 0.5) is 0 Å². The minimum absolute atomic E-state index is 0.650. The van der Waals surface area contributed by atoms with Gasteiger partial charge in [-0.05, 0) is 48.8 Å². The van der Waals surface area contributed by atoms with E-state index in [9.17, 15) is 0 Å². The molecule has 2 aliphatic rings. The van der Waals surface area contributed by atoms with Crippen LogP contribution in [0.3, 0.4) is 0 Å². The summed E-state index contributed by atoms with van der Waals surface area (Å²) in [5, 5.41) is 3.79. The molecule has 1 unspecified atom stereocenters. The third kappa shape index (κ3) is 2.64. The van der Waals surface area contributed by atoms with Crippen molar-refractivity contribution in [2.75, 3.05) is 7.11 Å². The van der Waals surface area contributed by atoms with Crippen molar-refractivity contribution in [1.82, 2.24) is 5.32 Å². The van der Waals surface area contributed by atoms with Crippen molar-refractivity contribution in [2.45, 2.75) is 57.5 Å². The van der Waals surface area contributed by atoms with Gasteiger partial charge in [-0.1, -0.05) is 31.4 Å². The third-order valence-corrected chi connectivity index (χ3v) is 5.21. The Kier molecular flexibility index (Phi) is 3.79. The highest BCUT2D eigenvalue weighted by molar-refractivity contribution is 5.28. The summed E-state index contributed by atoms with van der Waals surface area (Å²) in [6, 6.07) is 9.16. The minimum Gasteiger partial charge on any atom is -0.497 e. The Bertz CT molecular complexity index is 423. The Labute approximate surface area is 116 Å². The van der Waals surface area contributed by atoms with Crippen molar-refractivity contribution in [2.24, 2.45) is 5.41 Å². The lowest BCUT2D eigenvalue weighted by Crippen LogP contribution is -2.53. The summed E-state index contributed by atoms with van der Waals surface area (Å²) < 4.78 is 5.28. The summed E-state index contributed by atoms with van der Waals surface area (Å²) in [6.07, 6.45) is 10.0. The summed E-state index contributed by atoms with van der Waals surface area (Å²) in [4.78, 5) is 0. The highest BCUT2D eigenvalue weighted by Crippen LogP contribution is 2.51. The molecule has 0 saturated heterocycles. The van der Waals surface area contributed by atoms with Gasteiger partial charge in [0.05, 0.1) is 7.11 Å². The number of benzene rings is 1. The molecule has 0 bridgehead atoms. The maximum atomic E-state index is 5.28. The van der Waals surface area contributed by atoms with Crippen LogP contribution in [0, 0.1) is 5.41 Å². The highest BCUT2D eigenvalue weighted by atomic mass is 16.5. The molecule has 1 spiro atoms. The van der Waals surface area contributed by atoms with Crippen LogP contribution < -0.4 is 10.1 Å². The summed E-state index contributed by atoms with van der Waals surface area (Å²) in [7, 11) is 1.73. The molecule has 1 aromatic rings. The number of rotatable bonds is 4. The molecule has 2 heteroatoms. The maximum Gasteiger partial charge on any atom is 0.119 e. The molecule has 2 saturated carbocycles. The molecule has 0 aromatic heterocycles. The normalized spacial score (nSPS) is 25.0. The molecule has 0 aliphatic heterocycles. The van der Waals surface area contributed by atoms with E-state index in [0.29, 0.717) is 5.41 Å². The van der Waals surface area contributed by atoms with E-state index in [0.717, 1.165) is 18.3 Å². The van der Waals surface area contributed by atoms with Gasteiger partial charge >= 0.3 is 0 Å². The lowest BCUT2D eigenvalue weighted by Gasteiger charge is -2.52. The zero-order valence-electron chi connectivity index (χ0n) is 12.0. The van der Waals surface area contributed by atoms with Gasteiger partial charge in [0, 0.05) is 12.6 Å². The van der Waals surface area contributed by atoms with Crippen LogP contribution in [-0.4, -0.2) is 13.2 Å². The van der Waals surface area contributed by atoms with E-state index in [-0.39, 0.29) is 0 Å². The Balaban J connectivity index is 1.57. The first-order valence-electron chi connectivity index (χ1n) is 7.69. The maximum absolute atomic E-state index is 5.28. The van der Waals surface area contributed by atoms with Crippen molar-refractivity contribution in [3.8, 4) is 5.75 Å². The van der Waals surface area contributed by atoms with Crippen molar-refractivity contribution >= 4 is 0 Å². The first kappa shape index (κ1) is 13.0. The van der Waals surface area contributed by atoms with Crippen LogP contribution in [-0.2, 0) is 6.54 Å². The van der Waals surface area contributed by atoms with E-state index in [2.05, 4.69) is 23.5 Å². The van der Waals surface area contributed by atoms with Crippen LogP contribution in [0.1, 0.15) is 50.5 Å². The molecule has 0 radical (unpaired) electrons. The molecule has 2 fully saturated rings. The third-order valence-electron chi connectivity index (χ3n) is 5.21. The zero-order valence-corrected chi connectivity index (χ0v) is 12.0. The van der Waals surface area contributed by atoms with E-state index < -0.39 is 0 Å². The summed E-state index contributed by atoms with van der Waals surface area (Å²) in [5.74, 6) is 0.959. The van der Waals surface area contributed by atoms with Crippen molar-refractivity contribution in [3.63, 3.8) is 0 Å². The molecule has 1 atom stereocenters. The molecule has 104 valence electrons. The van der Waals surface area contributed by atoms with Gasteiger partial charge in [0.15, 0.2) is 0 Å². The van der Waals surface area contributed by atoms with E-state index in [1.165, 1.54) is 50.5 Å². The topological polar surface area (TPSA) is 21.3 Å². The van der Waals surface area contributed by atoms with Gasteiger partial charge in [-0.15, -0.1) is 0 Å². The van der Waals surface area contributed by atoms with E-state index in [1.54, 1.807) is 7.11 Å². The van der Waals surface area contributed by atoms with Gasteiger partial charge < -0.3 is 10.1 Å². The second-order valence-electron chi connectivity index (χ2n) is 6.25. The molecule has 2 aliphatic carbocycles. The molecule has 3 rings (SSSR count). The largest absolute Gasteiger partial charge is 0.497 e. The van der Waals surface area contributed by atoms with Gasteiger partial charge in [0.1, 0.15) is 5.75 Å². The van der Waals surface area contributed by atoms with Crippen LogP contribution >= 0.6 is 0 Å². The van der Waals surface area contributed by atoms with E-state index in [4.69, 9.17) is 4.74 Å². The minimum atomic E-state index is 0.650. The van der Waals surface area contributed by atoms with Crippen LogP contribution in [0.15, 0.2) is 24.3 Å². The Hall–Kier alpha value is -1.02. The monoisotopic (exact) mass is 259 g/mol. The van der Waals surface area contributed by atoms with Gasteiger partial charge in [0.25, 0.3) is 0 Å². The fraction of sp³-hybridized carbons (Fsp3) is 0.647. The average Bonchev–Trinajstić information content (AvgIpc) is 2.47. The lowest BCUT2D eigenvalue weighted by molar-refractivity contribution is 0.0221. The predicted molar refractivity (Wildman–Crippen MR) is 78.4 cm³/mol. The summed E-state index contributed by atoms with van der Waals surface area (Å²) in [5.41, 5.74) is 1.98. The standard InChI is InChI=1S/C17H25NO/c1-19-15-7-5-6-14(12-15)13-18-16-8-11-17(16)9-3-2-4-10-17/h5-7,12,16,18H,2-4,8-11,13H2,1H3. The van der Waals surface area contributed by atoms with E-state index >= 15 is 0 Å². The number of hydrogen-bond donors (Lipinski definition) is 1. The molecule has 0 heterocycles. The van der Waals surface area contributed by atoms with Crippen molar-refractivity contribution < 1.29 is 4.74 Å². The molecular weight excluding hydrogens is 234 g/mol. The van der Waals surface area contributed by atoms with Gasteiger partial charge in [-0.2, -0.15) is 0 Å². The number of nitrogens with one attached hydrogen (secondary N) is 1. The fourth-order valence-electron chi connectivity index (χ4n) is 3.89. The van der Waals surface area contributed by atoms with Gasteiger partial charge in [0.2, 0.25) is 0 Å². The second-order valence-corrected chi connectivity index (χ2v) is 6.25. The molecule has 1 aromatic carbocycles. The van der Waals surface area contributed by atoms with Crippen molar-refractivity contribution in [1.29, 1.82) is 0 Å². The average molecular weight is 259 g/mol. The Morgan fingerprint density at radius 2 is 2.05 bits per heavy atom. The number of methoxy groups -OCH3 is 1. The smallest absolute Gasteiger partial charge is 0.119 e. The highest BCUT2D eigenvalue weighted by Gasteiger charge is 2.46. The second kappa shape index (κ2) is 5.54. The fourth-order valence-corrected chi connectivity index (χ4v) is 3.89. The van der Waals surface area contributed by atoms with E-state index in [1.807, 2.05) is 6.07 Å². The Morgan fingerprint density at radius 3 is 2.74 bits per heavy atom. The van der Waals surface area contributed by atoms with Gasteiger partial charge in [-0.3, -0.25) is 0 Å². The first-order chi connectivity index (χ1) is 9.32. The SMILES string of the molecule is COc1cccc(CNC2CCC23CCCCC3)c1. The molecular formula is C17H25NO. The molecule has 2 nitrogen and oxygen atoms in total. The Morgan fingerprint density at radius 1 is 1.21 bits per heavy atom. The van der Waals surface area contributed by atoms with Crippen molar-refractivity contribution in [3.05, 3.63) is 29.8 Å².